The molecule has 0 amide bonds. The molecule has 0 saturated heterocycles. The van der Waals surface area contributed by atoms with Crippen molar-refractivity contribution in [2.24, 2.45) is 0 Å². The number of carbonyl (C=O) groups is 1. The van der Waals surface area contributed by atoms with E-state index < -0.39 is 11.8 Å². The average molecular weight is 308 g/mol. The van der Waals surface area contributed by atoms with E-state index in [9.17, 15) is 14.3 Å². The van der Waals surface area contributed by atoms with Gasteiger partial charge in [-0.2, -0.15) is 5.10 Å². The Bertz CT molecular complexity index is 714. The molecule has 1 aliphatic rings. The number of hydrogen-bond acceptors (Lipinski definition) is 4. The van der Waals surface area contributed by atoms with Crippen LogP contribution in [0.3, 0.4) is 0 Å². The van der Waals surface area contributed by atoms with Gasteiger partial charge in [0.05, 0.1) is 6.61 Å². The zero-order valence-electron chi connectivity index (χ0n) is 11.3. The quantitative estimate of drug-likeness (QED) is 0.883. The van der Waals surface area contributed by atoms with Crippen LogP contribution in [-0.4, -0.2) is 33.7 Å². The van der Waals surface area contributed by atoms with Crippen LogP contribution in [-0.2, 0) is 6.54 Å². The number of aromatic carboxylic acids is 1. The minimum Gasteiger partial charge on any atom is -0.477 e. The molecule has 0 radical (unpaired) electrons. The van der Waals surface area contributed by atoms with E-state index in [-0.39, 0.29) is 22.7 Å². The van der Waals surface area contributed by atoms with Crippen LogP contribution >= 0.6 is 11.8 Å². The van der Waals surface area contributed by atoms with E-state index in [4.69, 9.17) is 4.74 Å². The summed E-state index contributed by atoms with van der Waals surface area (Å²) in [4.78, 5) is 12.3. The van der Waals surface area contributed by atoms with Gasteiger partial charge in [0.25, 0.3) is 0 Å². The zero-order chi connectivity index (χ0) is 15.0. The molecule has 0 bridgehead atoms. The molecule has 5 nitrogen and oxygen atoms in total. The third kappa shape index (κ3) is 2.37. The van der Waals surface area contributed by atoms with E-state index in [1.807, 2.05) is 6.26 Å². The summed E-state index contributed by atoms with van der Waals surface area (Å²) in [5.74, 6) is -1.45. The summed E-state index contributed by atoms with van der Waals surface area (Å²) in [5.41, 5.74) is 0.214. The molecule has 7 heteroatoms. The third-order valence-corrected chi connectivity index (χ3v) is 4.03. The molecule has 0 unspecified atom stereocenters. The highest BCUT2D eigenvalue weighted by Gasteiger charge is 2.29. The van der Waals surface area contributed by atoms with Gasteiger partial charge in [0.1, 0.15) is 17.1 Å². The monoisotopic (exact) mass is 308 g/mol. The Morgan fingerprint density at radius 3 is 3.00 bits per heavy atom. The molecule has 0 fully saturated rings. The molecule has 0 spiro atoms. The minimum atomic E-state index is -1.17. The van der Waals surface area contributed by atoms with Crippen LogP contribution in [0.4, 0.5) is 4.39 Å². The summed E-state index contributed by atoms with van der Waals surface area (Å²) in [6, 6.07) is 4.68. The molecule has 3 rings (SSSR count). The van der Waals surface area contributed by atoms with Crippen LogP contribution in [0, 0.1) is 5.82 Å². The molecular weight excluding hydrogens is 295 g/mol. The van der Waals surface area contributed by atoms with E-state index in [2.05, 4.69) is 5.10 Å². The first kappa shape index (κ1) is 13.9. The molecule has 2 heterocycles. The predicted octanol–water partition coefficient (Wildman–Crippen LogP) is 2.89. The molecule has 110 valence electrons. The summed E-state index contributed by atoms with van der Waals surface area (Å²) in [6.45, 7) is 1.01. The molecule has 0 aliphatic carbocycles. The fourth-order valence-corrected chi connectivity index (χ4v) is 2.75. The van der Waals surface area contributed by atoms with Crippen LogP contribution in [0.2, 0.25) is 0 Å². The van der Waals surface area contributed by atoms with Crippen molar-refractivity contribution < 1.29 is 19.0 Å². The van der Waals surface area contributed by atoms with Gasteiger partial charge in [-0.1, -0.05) is 0 Å². The fraction of sp³-hybridized carbons (Fsp3) is 0.286. The van der Waals surface area contributed by atoms with Crippen molar-refractivity contribution in [3.8, 4) is 17.1 Å². The molecular formula is C14H13FN2O3S. The molecule has 1 aliphatic heterocycles. The number of rotatable bonds is 3. The van der Waals surface area contributed by atoms with Gasteiger partial charge in [-0.05, 0) is 24.5 Å². The van der Waals surface area contributed by atoms with Crippen LogP contribution in [0.1, 0.15) is 16.8 Å². The minimum absolute atomic E-state index is 0.0782. The number of fused-ring (bicyclic) bond motifs is 1. The van der Waals surface area contributed by atoms with Crippen LogP contribution in [0.5, 0.6) is 5.88 Å². The Balaban J connectivity index is 2.18. The van der Waals surface area contributed by atoms with Crippen molar-refractivity contribution in [3.05, 3.63) is 29.6 Å². The highest BCUT2D eigenvalue weighted by Crippen LogP contribution is 2.34. The predicted molar refractivity (Wildman–Crippen MR) is 76.5 cm³/mol. The highest BCUT2D eigenvalue weighted by molar-refractivity contribution is 7.98. The van der Waals surface area contributed by atoms with Crippen molar-refractivity contribution in [1.82, 2.24) is 9.78 Å². The number of halogens is 1. The Morgan fingerprint density at radius 2 is 2.33 bits per heavy atom. The lowest BCUT2D eigenvalue weighted by atomic mass is 10.1. The fourth-order valence-electron chi connectivity index (χ4n) is 2.32. The van der Waals surface area contributed by atoms with Gasteiger partial charge in [0.15, 0.2) is 0 Å². The van der Waals surface area contributed by atoms with Crippen molar-refractivity contribution in [3.63, 3.8) is 0 Å². The van der Waals surface area contributed by atoms with E-state index in [1.54, 1.807) is 12.1 Å². The lowest BCUT2D eigenvalue weighted by Crippen LogP contribution is -2.16. The summed E-state index contributed by atoms with van der Waals surface area (Å²) < 4.78 is 21.1. The van der Waals surface area contributed by atoms with Gasteiger partial charge in [-0.25, -0.2) is 13.9 Å². The number of carboxylic acid groups (broad SMARTS) is 1. The number of ether oxygens (including phenoxy) is 1. The highest BCUT2D eigenvalue weighted by atomic mass is 32.2. The molecule has 21 heavy (non-hydrogen) atoms. The summed E-state index contributed by atoms with van der Waals surface area (Å²) in [5, 5.41) is 13.6. The number of hydrogen-bond donors (Lipinski definition) is 1. The molecule has 0 atom stereocenters. The number of carboxylic acids is 1. The lowest BCUT2D eigenvalue weighted by Gasteiger charge is -2.14. The Kier molecular flexibility index (Phi) is 3.59. The second-order valence-corrected chi connectivity index (χ2v) is 5.48. The second kappa shape index (κ2) is 5.40. The van der Waals surface area contributed by atoms with E-state index in [0.717, 1.165) is 11.3 Å². The van der Waals surface area contributed by atoms with Gasteiger partial charge in [-0.15, -0.1) is 11.8 Å². The summed E-state index contributed by atoms with van der Waals surface area (Å²) in [6.07, 6.45) is 2.60. The first-order chi connectivity index (χ1) is 10.1. The molecule has 0 saturated carbocycles. The SMILES string of the molecule is CSc1ccc(-c2nn3c(c2C(=O)O)OCCC3)c(F)c1. The molecule has 1 aromatic heterocycles. The number of aromatic nitrogens is 2. The van der Waals surface area contributed by atoms with Gasteiger partial charge >= 0.3 is 5.97 Å². The molecule has 1 N–H and O–H groups in total. The largest absolute Gasteiger partial charge is 0.477 e. The smallest absolute Gasteiger partial charge is 0.343 e. The van der Waals surface area contributed by atoms with E-state index >= 15 is 0 Å². The first-order valence-corrected chi connectivity index (χ1v) is 7.65. The van der Waals surface area contributed by atoms with E-state index in [0.29, 0.717) is 13.2 Å². The van der Waals surface area contributed by atoms with Crippen molar-refractivity contribution >= 4 is 17.7 Å². The number of nitrogens with zero attached hydrogens (tertiary/aromatic N) is 2. The molecule has 1 aromatic carbocycles. The summed E-state index contributed by atoms with van der Waals surface area (Å²) >= 11 is 1.42. The summed E-state index contributed by atoms with van der Waals surface area (Å²) in [7, 11) is 0. The van der Waals surface area contributed by atoms with Crippen LogP contribution in [0.25, 0.3) is 11.3 Å². The van der Waals surface area contributed by atoms with E-state index in [1.165, 1.54) is 22.5 Å². The average Bonchev–Trinajstić information content (AvgIpc) is 2.86. The number of aryl methyl sites for hydroxylation is 1. The van der Waals surface area contributed by atoms with Crippen molar-refractivity contribution in [2.75, 3.05) is 12.9 Å². The Morgan fingerprint density at radius 1 is 1.52 bits per heavy atom. The zero-order valence-corrected chi connectivity index (χ0v) is 12.1. The number of benzene rings is 1. The van der Waals surface area contributed by atoms with Crippen molar-refractivity contribution in [1.29, 1.82) is 0 Å². The number of thioether (sulfide) groups is 1. The Hall–Kier alpha value is -2.02. The third-order valence-electron chi connectivity index (χ3n) is 3.30. The second-order valence-electron chi connectivity index (χ2n) is 4.60. The maximum absolute atomic E-state index is 14.2. The Labute approximate surface area is 124 Å². The van der Waals surface area contributed by atoms with Gasteiger partial charge in [0.2, 0.25) is 5.88 Å². The maximum atomic E-state index is 14.2. The van der Waals surface area contributed by atoms with Gasteiger partial charge in [0, 0.05) is 23.4 Å². The van der Waals surface area contributed by atoms with Crippen LogP contribution in [0.15, 0.2) is 23.1 Å². The standard InChI is InChI=1S/C14H13FN2O3S/c1-21-8-3-4-9(10(15)7-8)12-11(14(18)19)13-17(16-12)5-2-6-20-13/h3-4,7H,2,5-6H2,1H3,(H,18,19). The lowest BCUT2D eigenvalue weighted by molar-refractivity contribution is 0.0690. The molecule has 2 aromatic rings. The van der Waals surface area contributed by atoms with Crippen molar-refractivity contribution in [2.45, 2.75) is 17.9 Å². The normalized spacial score (nSPS) is 13.6. The van der Waals surface area contributed by atoms with Gasteiger partial charge < -0.3 is 9.84 Å². The van der Waals surface area contributed by atoms with Gasteiger partial charge in [-0.3, -0.25) is 0 Å². The maximum Gasteiger partial charge on any atom is 0.343 e. The van der Waals surface area contributed by atoms with Crippen LogP contribution < -0.4 is 4.74 Å². The topological polar surface area (TPSA) is 64.4 Å². The first-order valence-electron chi connectivity index (χ1n) is 6.42.